The van der Waals surface area contributed by atoms with Crippen LogP contribution in [0.1, 0.15) is 12.8 Å². The number of hydrogen-bond acceptors (Lipinski definition) is 3. The maximum absolute atomic E-state index is 12.4. The van der Waals surface area contributed by atoms with Crippen LogP contribution in [0.4, 0.5) is 10.5 Å². The molecule has 2 amide bonds. The molecule has 1 aromatic carbocycles. The number of piperidine rings is 1. The van der Waals surface area contributed by atoms with Gasteiger partial charge in [-0.1, -0.05) is 12.1 Å². The summed E-state index contributed by atoms with van der Waals surface area (Å²) in [5, 5.41) is 16.1. The molecule has 0 aliphatic carbocycles. The molecule has 120 valence electrons. The van der Waals surface area contributed by atoms with E-state index in [-0.39, 0.29) is 11.9 Å². The third kappa shape index (κ3) is 3.33. The number of carboxylic acids is 1. The Morgan fingerprint density at radius 1 is 1.17 bits per heavy atom. The molecule has 1 saturated heterocycles. The fourth-order valence-corrected chi connectivity index (χ4v) is 2.71. The van der Waals surface area contributed by atoms with Crippen molar-refractivity contribution in [1.82, 2.24) is 14.7 Å². The van der Waals surface area contributed by atoms with Gasteiger partial charge in [-0.05, 0) is 31.0 Å². The van der Waals surface area contributed by atoms with Crippen molar-refractivity contribution >= 4 is 17.7 Å². The Bertz CT molecular complexity index is 691. The number of carboxylic acid groups (broad SMARTS) is 1. The van der Waals surface area contributed by atoms with E-state index in [2.05, 4.69) is 10.4 Å². The summed E-state index contributed by atoms with van der Waals surface area (Å²) in [6, 6.07) is 9.02. The number of nitrogens with one attached hydrogen (secondary N) is 1. The molecule has 2 N–H and O–H groups in total. The molecule has 1 aliphatic rings. The van der Waals surface area contributed by atoms with E-state index in [1.165, 1.54) is 0 Å². The van der Waals surface area contributed by atoms with Gasteiger partial charge in [0.15, 0.2) is 0 Å². The molecule has 1 fully saturated rings. The van der Waals surface area contributed by atoms with Crippen LogP contribution in [0.3, 0.4) is 0 Å². The van der Waals surface area contributed by atoms with E-state index in [1.807, 2.05) is 36.5 Å². The molecular weight excluding hydrogens is 296 g/mol. The van der Waals surface area contributed by atoms with Gasteiger partial charge in [-0.15, -0.1) is 0 Å². The number of carbonyl (C=O) groups is 2. The number of hydrogen-bond donors (Lipinski definition) is 2. The zero-order chi connectivity index (χ0) is 16.2. The Morgan fingerprint density at radius 2 is 1.91 bits per heavy atom. The predicted octanol–water partition coefficient (Wildman–Crippen LogP) is 2.20. The highest BCUT2D eigenvalue weighted by molar-refractivity contribution is 5.91. The molecular formula is C16H18N4O3. The van der Waals surface area contributed by atoms with E-state index < -0.39 is 5.97 Å². The van der Waals surface area contributed by atoms with E-state index in [9.17, 15) is 9.59 Å². The highest BCUT2D eigenvalue weighted by Crippen LogP contribution is 2.21. The molecule has 7 heteroatoms. The standard InChI is InChI=1S/C16H18N4O3/c21-15(22)12-6-10-19(11-7-12)16(23)18-13-4-1-2-5-14(13)20-9-3-8-17-20/h1-5,8-9,12H,6-7,10-11H2,(H,18,23)(H,21,22). The molecule has 0 atom stereocenters. The van der Waals surface area contributed by atoms with Gasteiger partial charge in [0.2, 0.25) is 0 Å². The van der Waals surface area contributed by atoms with Crippen molar-refractivity contribution in [3.8, 4) is 5.69 Å². The van der Waals surface area contributed by atoms with Crippen LogP contribution < -0.4 is 5.32 Å². The van der Waals surface area contributed by atoms with Crippen molar-refractivity contribution in [2.24, 2.45) is 5.92 Å². The number of amides is 2. The van der Waals surface area contributed by atoms with Crippen molar-refractivity contribution in [3.63, 3.8) is 0 Å². The van der Waals surface area contributed by atoms with Crippen LogP contribution in [0.2, 0.25) is 0 Å². The average Bonchev–Trinajstić information content (AvgIpc) is 3.09. The zero-order valence-corrected chi connectivity index (χ0v) is 12.6. The average molecular weight is 314 g/mol. The van der Waals surface area contributed by atoms with Crippen LogP contribution in [0.15, 0.2) is 42.7 Å². The molecule has 0 bridgehead atoms. The van der Waals surface area contributed by atoms with E-state index in [4.69, 9.17) is 5.11 Å². The van der Waals surface area contributed by atoms with Crippen LogP contribution in [0, 0.1) is 5.92 Å². The third-order valence-corrected chi connectivity index (χ3v) is 4.03. The zero-order valence-electron chi connectivity index (χ0n) is 12.6. The smallest absolute Gasteiger partial charge is 0.321 e. The number of nitrogens with zero attached hydrogens (tertiary/aromatic N) is 3. The Balaban J connectivity index is 1.69. The molecule has 1 aliphatic heterocycles. The Kier molecular flexibility index (Phi) is 4.27. The largest absolute Gasteiger partial charge is 0.481 e. The summed E-state index contributed by atoms with van der Waals surface area (Å²) >= 11 is 0. The normalized spacial score (nSPS) is 15.4. The number of benzene rings is 1. The maximum Gasteiger partial charge on any atom is 0.321 e. The Morgan fingerprint density at radius 3 is 2.57 bits per heavy atom. The van der Waals surface area contributed by atoms with E-state index in [0.29, 0.717) is 31.6 Å². The summed E-state index contributed by atoms with van der Waals surface area (Å²) in [4.78, 5) is 25.0. The van der Waals surface area contributed by atoms with Crippen LogP contribution in [0.25, 0.3) is 5.69 Å². The fourth-order valence-electron chi connectivity index (χ4n) is 2.71. The number of anilines is 1. The molecule has 0 spiro atoms. The minimum Gasteiger partial charge on any atom is -0.481 e. The van der Waals surface area contributed by atoms with Gasteiger partial charge in [0.1, 0.15) is 0 Å². The predicted molar refractivity (Wildman–Crippen MR) is 84.5 cm³/mol. The molecule has 2 heterocycles. The monoisotopic (exact) mass is 314 g/mol. The lowest BCUT2D eigenvalue weighted by Crippen LogP contribution is -2.42. The number of likely N-dealkylation sites (tertiary alicyclic amines) is 1. The molecule has 0 saturated carbocycles. The van der Waals surface area contributed by atoms with Crippen molar-refractivity contribution < 1.29 is 14.7 Å². The van der Waals surface area contributed by atoms with Crippen LogP contribution in [-0.2, 0) is 4.79 Å². The van der Waals surface area contributed by atoms with Gasteiger partial charge in [0.05, 0.1) is 17.3 Å². The van der Waals surface area contributed by atoms with Gasteiger partial charge in [0.25, 0.3) is 0 Å². The van der Waals surface area contributed by atoms with Crippen molar-refractivity contribution in [3.05, 3.63) is 42.7 Å². The quantitative estimate of drug-likeness (QED) is 0.909. The van der Waals surface area contributed by atoms with Crippen molar-refractivity contribution in [2.75, 3.05) is 18.4 Å². The van der Waals surface area contributed by atoms with Crippen LogP contribution in [0.5, 0.6) is 0 Å². The van der Waals surface area contributed by atoms with Crippen molar-refractivity contribution in [2.45, 2.75) is 12.8 Å². The first kappa shape index (κ1) is 15.1. The number of aromatic nitrogens is 2. The van der Waals surface area contributed by atoms with Gasteiger partial charge in [-0.3, -0.25) is 4.79 Å². The van der Waals surface area contributed by atoms with Gasteiger partial charge in [-0.2, -0.15) is 5.10 Å². The SMILES string of the molecule is O=C(O)C1CCN(C(=O)Nc2ccccc2-n2cccn2)CC1. The van der Waals surface area contributed by atoms with E-state index in [1.54, 1.807) is 15.8 Å². The second kappa shape index (κ2) is 6.51. The number of aliphatic carboxylic acids is 1. The second-order valence-corrected chi connectivity index (χ2v) is 5.50. The van der Waals surface area contributed by atoms with Crippen LogP contribution in [-0.4, -0.2) is 44.9 Å². The van der Waals surface area contributed by atoms with Gasteiger partial charge >= 0.3 is 12.0 Å². The molecule has 2 aromatic rings. The second-order valence-electron chi connectivity index (χ2n) is 5.50. The number of rotatable bonds is 3. The number of para-hydroxylation sites is 2. The Labute approximate surface area is 133 Å². The molecule has 0 radical (unpaired) electrons. The first-order chi connectivity index (χ1) is 11.1. The molecule has 7 nitrogen and oxygen atoms in total. The summed E-state index contributed by atoms with van der Waals surface area (Å²) in [5.41, 5.74) is 1.45. The van der Waals surface area contributed by atoms with Gasteiger partial charge in [0, 0.05) is 25.5 Å². The summed E-state index contributed by atoms with van der Waals surface area (Å²) in [7, 11) is 0. The minimum absolute atomic E-state index is 0.214. The number of carbonyl (C=O) groups excluding carboxylic acids is 1. The Hall–Kier alpha value is -2.83. The highest BCUT2D eigenvalue weighted by Gasteiger charge is 2.27. The van der Waals surface area contributed by atoms with E-state index >= 15 is 0 Å². The van der Waals surface area contributed by atoms with E-state index in [0.717, 1.165) is 5.69 Å². The first-order valence-corrected chi connectivity index (χ1v) is 7.53. The highest BCUT2D eigenvalue weighted by atomic mass is 16.4. The lowest BCUT2D eigenvalue weighted by Gasteiger charge is -2.30. The lowest BCUT2D eigenvalue weighted by molar-refractivity contribution is -0.143. The van der Waals surface area contributed by atoms with Crippen molar-refractivity contribution in [1.29, 1.82) is 0 Å². The molecule has 23 heavy (non-hydrogen) atoms. The third-order valence-electron chi connectivity index (χ3n) is 4.03. The van der Waals surface area contributed by atoms with Gasteiger partial charge in [-0.25, -0.2) is 9.48 Å². The summed E-state index contributed by atoms with van der Waals surface area (Å²) in [6.45, 7) is 0.902. The van der Waals surface area contributed by atoms with Gasteiger partial charge < -0.3 is 15.3 Å². The number of urea groups is 1. The summed E-state index contributed by atoms with van der Waals surface area (Å²) < 4.78 is 1.69. The summed E-state index contributed by atoms with van der Waals surface area (Å²) in [6.07, 6.45) is 4.46. The topological polar surface area (TPSA) is 87.5 Å². The maximum atomic E-state index is 12.4. The molecule has 1 aromatic heterocycles. The lowest BCUT2D eigenvalue weighted by atomic mass is 9.97. The molecule has 3 rings (SSSR count). The summed E-state index contributed by atoms with van der Waals surface area (Å²) in [5.74, 6) is -1.13. The minimum atomic E-state index is -0.783. The van der Waals surface area contributed by atoms with Crippen LogP contribution >= 0.6 is 0 Å². The molecule has 0 unspecified atom stereocenters. The first-order valence-electron chi connectivity index (χ1n) is 7.53. The fraction of sp³-hybridized carbons (Fsp3) is 0.312.